The first-order chi connectivity index (χ1) is 16.0. The molecule has 3 heterocycles. The van der Waals surface area contributed by atoms with Crippen LogP contribution in [0.4, 0.5) is 10.5 Å². The number of anilines is 1. The molecule has 2 aromatic rings. The van der Waals surface area contributed by atoms with Crippen LogP contribution in [-0.2, 0) is 4.79 Å². The summed E-state index contributed by atoms with van der Waals surface area (Å²) in [5, 5.41) is 3.97. The smallest absolute Gasteiger partial charge is 0.322 e. The molecule has 2 aliphatic heterocycles. The van der Waals surface area contributed by atoms with E-state index < -0.39 is 6.04 Å². The molecular formula is C26H35N5O2. The van der Waals surface area contributed by atoms with Gasteiger partial charge in [-0.25, -0.2) is 4.79 Å². The van der Waals surface area contributed by atoms with Crippen molar-refractivity contribution in [1.29, 1.82) is 0 Å². The number of nitrogens with one attached hydrogen (secondary N) is 1. The van der Waals surface area contributed by atoms with Crippen molar-refractivity contribution in [2.24, 2.45) is 5.41 Å². The number of unbranched alkanes of at least 4 members (excludes halogenated alkanes) is 1. The second-order valence-electron chi connectivity index (χ2n) is 10.1. The molecule has 176 valence electrons. The molecule has 3 fully saturated rings. The molecule has 1 saturated carbocycles. The van der Waals surface area contributed by atoms with E-state index in [2.05, 4.69) is 15.2 Å². The lowest BCUT2D eigenvalue weighted by atomic mass is 9.93. The predicted molar refractivity (Wildman–Crippen MR) is 130 cm³/mol. The van der Waals surface area contributed by atoms with E-state index in [-0.39, 0.29) is 11.9 Å². The van der Waals surface area contributed by atoms with Crippen LogP contribution < -0.4 is 5.32 Å². The molecule has 1 N–H and O–H groups in total. The fourth-order valence-electron chi connectivity index (χ4n) is 5.33. The molecule has 0 unspecified atom stereocenters. The first kappa shape index (κ1) is 22.1. The molecular weight excluding hydrogens is 414 g/mol. The van der Waals surface area contributed by atoms with Crippen molar-refractivity contribution in [3.8, 4) is 0 Å². The summed E-state index contributed by atoms with van der Waals surface area (Å²) in [6.45, 7) is 7.40. The highest BCUT2D eigenvalue weighted by atomic mass is 16.2. The standard InChI is InChI=1S/C26H35N5O2/c1-20-24(32)30(14-3-2-13-29-15-10-26(8-9-26)11-16-29)17-18-31(20)25(33)28-22-7-6-21-5-4-12-27-23(21)19-22/h4-7,12,19-20H,2-3,8-11,13-18H2,1H3,(H,28,33)/t20-/m0/s1. The molecule has 7 nitrogen and oxygen atoms in total. The van der Waals surface area contributed by atoms with E-state index in [4.69, 9.17) is 0 Å². The molecule has 1 atom stereocenters. The number of carbonyl (C=O) groups is 2. The molecule has 3 aliphatic rings. The zero-order chi connectivity index (χ0) is 22.8. The van der Waals surface area contributed by atoms with Gasteiger partial charge in [0, 0.05) is 36.9 Å². The highest BCUT2D eigenvalue weighted by Crippen LogP contribution is 2.53. The number of amides is 3. The maximum atomic E-state index is 12.9. The number of piperidine rings is 1. The quantitative estimate of drug-likeness (QED) is 0.678. The number of hydrogen-bond donors (Lipinski definition) is 1. The Labute approximate surface area is 196 Å². The second-order valence-corrected chi connectivity index (χ2v) is 10.1. The Bertz CT molecular complexity index is 1010. The monoisotopic (exact) mass is 449 g/mol. The van der Waals surface area contributed by atoms with Gasteiger partial charge in [-0.15, -0.1) is 0 Å². The molecule has 2 saturated heterocycles. The van der Waals surface area contributed by atoms with Crippen LogP contribution in [0, 0.1) is 5.41 Å². The SMILES string of the molecule is C[C@H]1C(=O)N(CCCCN2CCC3(CC2)CC3)CCN1C(=O)Nc1ccc2cccnc2c1. The van der Waals surface area contributed by atoms with Gasteiger partial charge in [0.15, 0.2) is 0 Å². The summed E-state index contributed by atoms with van der Waals surface area (Å²) in [6.07, 6.45) is 9.55. The Kier molecular flexibility index (Phi) is 6.23. The number of aromatic nitrogens is 1. The van der Waals surface area contributed by atoms with E-state index in [0.717, 1.165) is 42.2 Å². The number of pyridine rings is 1. The fourth-order valence-corrected chi connectivity index (χ4v) is 5.33. The Morgan fingerprint density at radius 3 is 2.64 bits per heavy atom. The van der Waals surface area contributed by atoms with Crippen LogP contribution in [0.15, 0.2) is 36.5 Å². The first-order valence-corrected chi connectivity index (χ1v) is 12.5. The number of rotatable bonds is 6. The third-order valence-corrected chi connectivity index (χ3v) is 7.89. The average Bonchev–Trinajstić information content (AvgIpc) is 3.59. The number of piperazine rings is 1. The lowest BCUT2D eigenvalue weighted by Gasteiger charge is -2.39. The van der Waals surface area contributed by atoms with Gasteiger partial charge in [0.05, 0.1) is 5.52 Å². The van der Waals surface area contributed by atoms with Crippen LogP contribution in [0.25, 0.3) is 10.9 Å². The van der Waals surface area contributed by atoms with E-state index in [9.17, 15) is 9.59 Å². The van der Waals surface area contributed by atoms with Gasteiger partial charge in [-0.1, -0.05) is 12.1 Å². The van der Waals surface area contributed by atoms with E-state index in [0.29, 0.717) is 18.8 Å². The Morgan fingerprint density at radius 2 is 1.85 bits per heavy atom. The van der Waals surface area contributed by atoms with Crippen LogP contribution in [0.5, 0.6) is 0 Å². The molecule has 1 aliphatic carbocycles. The van der Waals surface area contributed by atoms with Gasteiger partial charge in [-0.05, 0) is 88.7 Å². The van der Waals surface area contributed by atoms with Crippen molar-refractivity contribution in [1.82, 2.24) is 19.7 Å². The highest BCUT2D eigenvalue weighted by molar-refractivity contribution is 5.96. The summed E-state index contributed by atoms with van der Waals surface area (Å²) in [6, 6.07) is 8.88. The maximum absolute atomic E-state index is 12.9. The van der Waals surface area contributed by atoms with Crippen molar-refractivity contribution in [2.75, 3.05) is 44.6 Å². The second kappa shape index (κ2) is 9.29. The van der Waals surface area contributed by atoms with Crippen LogP contribution >= 0.6 is 0 Å². The Balaban J connectivity index is 1.07. The molecule has 1 aromatic heterocycles. The summed E-state index contributed by atoms with van der Waals surface area (Å²) < 4.78 is 0. The van der Waals surface area contributed by atoms with Crippen molar-refractivity contribution < 1.29 is 9.59 Å². The van der Waals surface area contributed by atoms with Crippen molar-refractivity contribution in [3.63, 3.8) is 0 Å². The largest absolute Gasteiger partial charge is 0.339 e. The van der Waals surface area contributed by atoms with Crippen LogP contribution in [0.1, 0.15) is 45.4 Å². The number of hydrogen-bond acceptors (Lipinski definition) is 4. The lowest BCUT2D eigenvalue weighted by Crippen LogP contribution is -2.58. The highest BCUT2D eigenvalue weighted by Gasteiger charge is 2.44. The van der Waals surface area contributed by atoms with E-state index in [1.54, 1.807) is 11.1 Å². The molecule has 7 heteroatoms. The summed E-state index contributed by atoms with van der Waals surface area (Å²) in [5.74, 6) is 0.0465. The molecule has 1 spiro atoms. The van der Waals surface area contributed by atoms with Crippen LogP contribution in [-0.4, -0.2) is 76.9 Å². The van der Waals surface area contributed by atoms with Crippen LogP contribution in [0.3, 0.4) is 0 Å². The zero-order valence-corrected chi connectivity index (χ0v) is 19.6. The summed E-state index contributed by atoms with van der Waals surface area (Å²) in [4.78, 5) is 36.3. The van der Waals surface area contributed by atoms with Gasteiger partial charge in [0.2, 0.25) is 5.91 Å². The van der Waals surface area contributed by atoms with Crippen molar-refractivity contribution >= 4 is 28.5 Å². The van der Waals surface area contributed by atoms with Gasteiger partial charge in [-0.3, -0.25) is 9.78 Å². The third-order valence-electron chi connectivity index (χ3n) is 7.89. The molecule has 33 heavy (non-hydrogen) atoms. The molecule has 0 bridgehead atoms. The minimum atomic E-state index is -0.450. The van der Waals surface area contributed by atoms with Crippen molar-refractivity contribution in [2.45, 2.75) is 51.5 Å². The number of likely N-dealkylation sites (tertiary alicyclic amines) is 1. The van der Waals surface area contributed by atoms with Gasteiger partial charge in [0.25, 0.3) is 0 Å². The summed E-state index contributed by atoms with van der Waals surface area (Å²) in [5.41, 5.74) is 2.26. The summed E-state index contributed by atoms with van der Waals surface area (Å²) >= 11 is 0. The molecule has 1 aromatic carbocycles. The molecule has 3 amide bonds. The predicted octanol–water partition coefficient (Wildman–Crippen LogP) is 3.96. The van der Waals surface area contributed by atoms with E-state index >= 15 is 0 Å². The average molecular weight is 450 g/mol. The van der Waals surface area contributed by atoms with E-state index in [1.165, 1.54) is 38.8 Å². The zero-order valence-electron chi connectivity index (χ0n) is 19.6. The van der Waals surface area contributed by atoms with Crippen molar-refractivity contribution in [3.05, 3.63) is 36.5 Å². The van der Waals surface area contributed by atoms with E-state index in [1.807, 2.05) is 42.2 Å². The topological polar surface area (TPSA) is 68.8 Å². The molecule has 0 radical (unpaired) electrons. The Morgan fingerprint density at radius 1 is 1.06 bits per heavy atom. The van der Waals surface area contributed by atoms with Gasteiger partial charge in [-0.2, -0.15) is 0 Å². The minimum absolute atomic E-state index is 0.0465. The van der Waals surface area contributed by atoms with Gasteiger partial charge < -0.3 is 20.0 Å². The lowest BCUT2D eigenvalue weighted by molar-refractivity contribution is -0.139. The Hall–Kier alpha value is -2.67. The van der Waals surface area contributed by atoms with Crippen LogP contribution in [0.2, 0.25) is 0 Å². The summed E-state index contributed by atoms with van der Waals surface area (Å²) in [7, 11) is 0. The number of nitrogens with zero attached hydrogens (tertiary/aromatic N) is 4. The normalized spacial score (nSPS) is 22.7. The number of urea groups is 1. The minimum Gasteiger partial charge on any atom is -0.339 e. The number of benzene rings is 1. The molecule has 5 rings (SSSR count). The third kappa shape index (κ3) is 4.98. The maximum Gasteiger partial charge on any atom is 0.322 e. The van der Waals surface area contributed by atoms with Gasteiger partial charge in [0.1, 0.15) is 6.04 Å². The number of carbonyl (C=O) groups excluding carboxylic acids is 2. The first-order valence-electron chi connectivity index (χ1n) is 12.5. The number of fused-ring (bicyclic) bond motifs is 1. The fraction of sp³-hybridized carbons (Fsp3) is 0.577. The van der Waals surface area contributed by atoms with Gasteiger partial charge >= 0.3 is 6.03 Å².